The lowest BCUT2D eigenvalue weighted by Gasteiger charge is -2.29. The first-order valence-electron chi connectivity index (χ1n) is 18.8. The van der Waals surface area contributed by atoms with Crippen molar-refractivity contribution >= 4 is 17.1 Å². The summed E-state index contributed by atoms with van der Waals surface area (Å²) >= 11 is 0. The molecule has 1 heteroatoms. The van der Waals surface area contributed by atoms with Crippen molar-refractivity contribution < 1.29 is 0 Å². The summed E-state index contributed by atoms with van der Waals surface area (Å²) in [7, 11) is 0. The van der Waals surface area contributed by atoms with Crippen molar-refractivity contribution in [2.24, 2.45) is 11.8 Å². The summed E-state index contributed by atoms with van der Waals surface area (Å²) in [6, 6.07) is 50.9. The Labute approximate surface area is 297 Å². The van der Waals surface area contributed by atoms with Gasteiger partial charge < -0.3 is 4.90 Å². The first kappa shape index (κ1) is 30.0. The molecule has 6 aromatic carbocycles. The maximum atomic E-state index is 2.46. The van der Waals surface area contributed by atoms with Crippen LogP contribution in [0.3, 0.4) is 0 Å². The zero-order chi connectivity index (χ0) is 33.8. The quantitative estimate of drug-likeness (QED) is 0.180. The molecule has 0 aliphatic heterocycles. The van der Waals surface area contributed by atoms with Gasteiger partial charge in [-0.3, -0.25) is 0 Å². The largest absolute Gasteiger partial charge is 0.310 e. The standard InChI is InChI=1S/C49H45N/c1-48(2)44-13-9-8-12-39(44)42-28-33(18-24-45(42)48)34-19-25-46-43(29-34)40-23-22-38(30-47(40)49(46,3)4)50(36-10-6-5-7-11-36)37-20-16-32(17-21-37)41-27-31-14-15-35(41)26-31/h5-13,16-25,28-31,35,41H,14-15,26-27H2,1-4H3. The van der Waals surface area contributed by atoms with Gasteiger partial charge in [-0.2, -0.15) is 0 Å². The Balaban J connectivity index is 1.03. The molecule has 2 saturated carbocycles. The third kappa shape index (κ3) is 4.38. The predicted molar refractivity (Wildman–Crippen MR) is 210 cm³/mol. The lowest BCUT2D eigenvalue weighted by molar-refractivity contribution is 0.420. The van der Waals surface area contributed by atoms with Gasteiger partial charge in [-0.1, -0.05) is 119 Å². The van der Waals surface area contributed by atoms with Crippen molar-refractivity contribution in [3.05, 3.63) is 161 Å². The molecule has 0 spiro atoms. The summed E-state index contributed by atoms with van der Waals surface area (Å²) in [6.07, 6.45) is 5.69. The van der Waals surface area contributed by atoms with E-state index in [1.165, 1.54) is 104 Å². The minimum Gasteiger partial charge on any atom is -0.310 e. The Morgan fingerprint density at radius 3 is 1.70 bits per heavy atom. The van der Waals surface area contributed by atoms with E-state index in [4.69, 9.17) is 0 Å². The van der Waals surface area contributed by atoms with E-state index in [0.717, 1.165) is 17.8 Å². The number of anilines is 3. The van der Waals surface area contributed by atoms with E-state index in [2.05, 4.69) is 166 Å². The number of hydrogen-bond acceptors (Lipinski definition) is 1. The van der Waals surface area contributed by atoms with Crippen LogP contribution in [0.5, 0.6) is 0 Å². The van der Waals surface area contributed by atoms with Gasteiger partial charge >= 0.3 is 0 Å². The molecule has 3 atom stereocenters. The molecular weight excluding hydrogens is 603 g/mol. The fraction of sp³-hybridized carbons (Fsp3) is 0.265. The van der Waals surface area contributed by atoms with Crippen molar-refractivity contribution in [2.75, 3.05) is 4.90 Å². The minimum atomic E-state index is -0.103. The summed E-state index contributed by atoms with van der Waals surface area (Å²) in [6.45, 7) is 9.50. The number of rotatable bonds is 5. The Kier molecular flexibility index (Phi) is 6.48. The van der Waals surface area contributed by atoms with E-state index >= 15 is 0 Å². The summed E-state index contributed by atoms with van der Waals surface area (Å²) in [5, 5.41) is 0. The average Bonchev–Trinajstić information content (AvgIpc) is 3.89. The topological polar surface area (TPSA) is 3.24 Å². The highest BCUT2D eigenvalue weighted by Crippen LogP contribution is 2.55. The summed E-state index contributed by atoms with van der Waals surface area (Å²) in [5.41, 5.74) is 18.7. The van der Waals surface area contributed by atoms with Crippen LogP contribution in [-0.4, -0.2) is 0 Å². The molecule has 10 rings (SSSR count). The molecular formula is C49H45N. The third-order valence-electron chi connectivity index (χ3n) is 13.2. The van der Waals surface area contributed by atoms with Gasteiger partial charge in [0, 0.05) is 27.9 Å². The van der Waals surface area contributed by atoms with Crippen LogP contribution in [-0.2, 0) is 10.8 Å². The van der Waals surface area contributed by atoms with Crippen molar-refractivity contribution in [1.29, 1.82) is 0 Å². The van der Waals surface area contributed by atoms with Gasteiger partial charge in [-0.15, -0.1) is 0 Å². The lowest BCUT2D eigenvalue weighted by Crippen LogP contribution is -2.16. The second-order valence-electron chi connectivity index (χ2n) is 16.6. The van der Waals surface area contributed by atoms with Crippen molar-refractivity contribution in [3.8, 4) is 33.4 Å². The number of hydrogen-bond donors (Lipinski definition) is 0. The average molecular weight is 648 g/mol. The fourth-order valence-corrected chi connectivity index (χ4v) is 10.5. The van der Waals surface area contributed by atoms with Crippen LogP contribution < -0.4 is 4.90 Å². The highest BCUT2D eigenvalue weighted by molar-refractivity contribution is 5.89. The molecule has 4 aliphatic carbocycles. The van der Waals surface area contributed by atoms with Gasteiger partial charge in [0.25, 0.3) is 0 Å². The van der Waals surface area contributed by atoms with Crippen molar-refractivity contribution in [1.82, 2.24) is 0 Å². The van der Waals surface area contributed by atoms with Gasteiger partial charge in [0.05, 0.1) is 0 Å². The highest BCUT2D eigenvalue weighted by Gasteiger charge is 2.40. The third-order valence-corrected chi connectivity index (χ3v) is 13.2. The number of para-hydroxylation sites is 1. The number of nitrogens with zero attached hydrogens (tertiary/aromatic N) is 1. The number of fused-ring (bicyclic) bond motifs is 8. The van der Waals surface area contributed by atoms with E-state index in [0.29, 0.717) is 0 Å². The molecule has 0 radical (unpaired) electrons. The van der Waals surface area contributed by atoms with E-state index in [1.54, 1.807) is 0 Å². The molecule has 4 aliphatic rings. The Hall–Kier alpha value is -4.88. The van der Waals surface area contributed by atoms with Crippen LogP contribution >= 0.6 is 0 Å². The van der Waals surface area contributed by atoms with Crippen LogP contribution in [0.25, 0.3) is 33.4 Å². The van der Waals surface area contributed by atoms with Gasteiger partial charge in [-0.05, 0) is 147 Å². The predicted octanol–water partition coefficient (Wildman–Crippen LogP) is 13.3. The Bertz CT molecular complexity index is 2290. The van der Waals surface area contributed by atoms with Gasteiger partial charge in [0.1, 0.15) is 0 Å². The molecule has 0 saturated heterocycles. The monoisotopic (exact) mass is 647 g/mol. The van der Waals surface area contributed by atoms with Gasteiger partial charge in [0.2, 0.25) is 0 Å². The summed E-state index contributed by atoms with van der Waals surface area (Å²) in [5.74, 6) is 2.60. The van der Waals surface area contributed by atoms with E-state index in [-0.39, 0.29) is 10.8 Å². The first-order chi connectivity index (χ1) is 24.3. The van der Waals surface area contributed by atoms with Crippen LogP contribution in [0, 0.1) is 11.8 Å². The zero-order valence-electron chi connectivity index (χ0n) is 29.7. The molecule has 6 aromatic rings. The SMILES string of the molecule is CC1(C)c2ccccc2-c2cc(-c3ccc4c(c3)-c3ccc(N(c5ccccc5)c5ccc(C6CC7CCC6C7)cc5)cc3C4(C)C)ccc21. The molecule has 2 fully saturated rings. The molecule has 3 unspecified atom stereocenters. The zero-order valence-corrected chi connectivity index (χ0v) is 29.7. The number of benzene rings is 6. The maximum Gasteiger partial charge on any atom is 0.0465 e. The van der Waals surface area contributed by atoms with Crippen LogP contribution in [0.1, 0.15) is 87.1 Å². The fourth-order valence-electron chi connectivity index (χ4n) is 10.5. The maximum absolute atomic E-state index is 2.46. The van der Waals surface area contributed by atoms with E-state index < -0.39 is 0 Å². The van der Waals surface area contributed by atoms with Crippen LogP contribution in [0.4, 0.5) is 17.1 Å². The molecule has 0 aromatic heterocycles. The van der Waals surface area contributed by atoms with Crippen molar-refractivity contribution in [3.63, 3.8) is 0 Å². The van der Waals surface area contributed by atoms with Gasteiger partial charge in [-0.25, -0.2) is 0 Å². The minimum absolute atomic E-state index is 0.0222. The summed E-state index contributed by atoms with van der Waals surface area (Å²) in [4.78, 5) is 2.44. The van der Waals surface area contributed by atoms with E-state index in [1.807, 2.05) is 0 Å². The molecule has 2 bridgehead atoms. The van der Waals surface area contributed by atoms with Crippen LogP contribution in [0.2, 0.25) is 0 Å². The smallest absolute Gasteiger partial charge is 0.0465 e. The molecule has 1 nitrogen and oxygen atoms in total. The molecule has 50 heavy (non-hydrogen) atoms. The highest BCUT2D eigenvalue weighted by atomic mass is 15.1. The normalized spacial score (nSPS) is 21.4. The van der Waals surface area contributed by atoms with Crippen LogP contribution in [0.15, 0.2) is 133 Å². The second-order valence-corrected chi connectivity index (χ2v) is 16.6. The van der Waals surface area contributed by atoms with Gasteiger partial charge in [0.15, 0.2) is 0 Å². The lowest BCUT2D eigenvalue weighted by atomic mass is 9.81. The molecule has 0 N–H and O–H groups in total. The molecule has 0 amide bonds. The van der Waals surface area contributed by atoms with E-state index in [9.17, 15) is 0 Å². The molecule has 0 heterocycles. The Morgan fingerprint density at radius 2 is 1.04 bits per heavy atom. The summed E-state index contributed by atoms with van der Waals surface area (Å²) < 4.78 is 0. The van der Waals surface area contributed by atoms with Crippen molar-refractivity contribution in [2.45, 2.75) is 70.1 Å². The first-order valence-corrected chi connectivity index (χ1v) is 18.8. The molecule has 246 valence electrons. The Morgan fingerprint density at radius 1 is 0.460 bits per heavy atom. The second kappa shape index (κ2) is 10.8.